The van der Waals surface area contributed by atoms with Crippen molar-refractivity contribution in [3.63, 3.8) is 0 Å². The number of hydrogen-bond acceptors (Lipinski definition) is 4. The number of aryl methyl sites for hydroxylation is 1. The van der Waals surface area contributed by atoms with Crippen molar-refractivity contribution in [1.82, 2.24) is 9.97 Å². The molecule has 104 valence electrons. The maximum absolute atomic E-state index is 5.89. The molecule has 20 heavy (non-hydrogen) atoms. The molecule has 0 N–H and O–H groups in total. The highest BCUT2D eigenvalue weighted by molar-refractivity contribution is 9.10. The van der Waals surface area contributed by atoms with E-state index in [9.17, 15) is 0 Å². The van der Waals surface area contributed by atoms with E-state index in [1.807, 2.05) is 25.1 Å². The third-order valence-electron chi connectivity index (χ3n) is 3.42. The molecule has 1 atom stereocenters. The third-order valence-corrected chi connectivity index (χ3v) is 3.95. The fourth-order valence-electron chi connectivity index (χ4n) is 2.35. The van der Waals surface area contributed by atoms with E-state index in [1.165, 1.54) is 5.56 Å². The van der Waals surface area contributed by atoms with Gasteiger partial charge in [-0.2, -0.15) is 0 Å². The predicted molar refractivity (Wildman–Crippen MR) is 81.8 cm³/mol. The number of ether oxygens (including phenoxy) is 1. The van der Waals surface area contributed by atoms with E-state index >= 15 is 0 Å². The molecule has 0 radical (unpaired) electrons. The van der Waals surface area contributed by atoms with Gasteiger partial charge in [-0.1, -0.05) is 28.1 Å². The van der Waals surface area contributed by atoms with Gasteiger partial charge in [0, 0.05) is 29.3 Å². The van der Waals surface area contributed by atoms with Crippen LogP contribution in [0.2, 0.25) is 0 Å². The van der Waals surface area contributed by atoms with Gasteiger partial charge >= 0.3 is 0 Å². The lowest BCUT2D eigenvalue weighted by molar-refractivity contribution is 0.0395. The number of nitrogens with zero attached hydrogens (tertiary/aromatic N) is 3. The molecule has 2 aromatic rings. The van der Waals surface area contributed by atoms with Gasteiger partial charge in [0.25, 0.3) is 0 Å². The van der Waals surface area contributed by atoms with Gasteiger partial charge in [-0.3, -0.25) is 0 Å². The Morgan fingerprint density at radius 2 is 2.05 bits per heavy atom. The molecule has 0 spiro atoms. The first-order valence-corrected chi connectivity index (χ1v) is 7.42. The van der Waals surface area contributed by atoms with Gasteiger partial charge in [-0.15, -0.1) is 0 Å². The van der Waals surface area contributed by atoms with Crippen molar-refractivity contribution < 1.29 is 4.74 Å². The summed E-state index contributed by atoms with van der Waals surface area (Å²) in [5.74, 6) is 0.975. The standard InChI is InChI=1S/C15H16BrN3O/c1-11-8-15(18-10-17-11)19-6-7-20-14(9-19)12-2-4-13(16)5-3-12/h2-5,8,10,14H,6-7,9H2,1H3. The summed E-state index contributed by atoms with van der Waals surface area (Å²) >= 11 is 3.46. The largest absolute Gasteiger partial charge is 0.370 e. The SMILES string of the molecule is Cc1cc(N2CCOC(c3ccc(Br)cc3)C2)ncn1. The van der Waals surface area contributed by atoms with Crippen molar-refractivity contribution in [2.75, 3.05) is 24.6 Å². The Kier molecular flexibility index (Phi) is 3.98. The molecule has 1 saturated heterocycles. The number of benzene rings is 1. The predicted octanol–water partition coefficient (Wildman–Crippen LogP) is 3.13. The van der Waals surface area contributed by atoms with Crippen molar-refractivity contribution in [2.45, 2.75) is 13.0 Å². The zero-order chi connectivity index (χ0) is 13.9. The summed E-state index contributed by atoms with van der Waals surface area (Å²) < 4.78 is 6.97. The summed E-state index contributed by atoms with van der Waals surface area (Å²) in [5.41, 5.74) is 2.19. The van der Waals surface area contributed by atoms with Gasteiger partial charge in [0.15, 0.2) is 0 Å². The molecule has 0 saturated carbocycles. The van der Waals surface area contributed by atoms with E-state index in [-0.39, 0.29) is 6.10 Å². The van der Waals surface area contributed by atoms with Crippen molar-refractivity contribution in [3.8, 4) is 0 Å². The number of morpholine rings is 1. The van der Waals surface area contributed by atoms with Crippen molar-refractivity contribution in [1.29, 1.82) is 0 Å². The molecule has 4 nitrogen and oxygen atoms in total. The number of rotatable bonds is 2. The van der Waals surface area contributed by atoms with Crippen molar-refractivity contribution >= 4 is 21.7 Å². The van der Waals surface area contributed by atoms with Crippen LogP contribution in [-0.4, -0.2) is 29.7 Å². The van der Waals surface area contributed by atoms with Crippen molar-refractivity contribution in [2.24, 2.45) is 0 Å². The summed E-state index contributed by atoms with van der Waals surface area (Å²) in [4.78, 5) is 10.8. The fourth-order valence-corrected chi connectivity index (χ4v) is 2.61. The Labute approximate surface area is 126 Å². The fraction of sp³-hybridized carbons (Fsp3) is 0.333. The van der Waals surface area contributed by atoms with Gasteiger partial charge in [-0.25, -0.2) is 9.97 Å². The minimum atomic E-state index is 0.0899. The molecular weight excluding hydrogens is 318 g/mol. The Balaban J connectivity index is 1.78. The number of halogens is 1. The van der Waals surface area contributed by atoms with Crippen molar-refractivity contribution in [3.05, 3.63) is 52.4 Å². The highest BCUT2D eigenvalue weighted by Gasteiger charge is 2.22. The maximum atomic E-state index is 5.89. The van der Waals surface area contributed by atoms with E-state index in [4.69, 9.17) is 4.74 Å². The summed E-state index contributed by atoms with van der Waals surface area (Å²) in [5, 5.41) is 0. The second-order valence-electron chi connectivity index (χ2n) is 4.87. The maximum Gasteiger partial charge on any atom is 0.132 e. The van der Waals surface area contributed by atoms with Crippen LogP contribution in [0.15, 0.2) is 41.1 Å². The lowest BCUT2D eigenvalue weighted by Crippen LogP contribution is -2.38. The third kappa shape index (κ3) is 2.99. The highest BCUT2D eigenvalue weighted by Crippen LogP contribution is 2.26. The topological polar surface area (TPSA) is 38.2 Å². The normalized spacial score (nSPS) is 19.1. The molecule has 0 amide bonds. The summed E-state index contributed by atoms with van der Waals surface area (Å²) in [7, 11) is 0. The summed E-state index contributed by atoms with van der Waals surface area (Å²) in [6, 6.07) is 10.3. The van der Waals surface area contributed by atoms with Crippen LogP contribution in [0.3, 0.4) is 0 Å². The van der Waals surface area contributed by atoms with Crippen LogP contribution in [0.4, 0.5) is 5.82 Å². The van der Waals surface area contributed by atoms with Gasteiger partial charge in [-0.05, 0) is 24.6 Å². The van der Waals surface area contributed by atoms with Crippen LogP contribution in [-0.2, 0) is 4.74 Å². The van der Waals surface area contributed by atoms with Crippen LogP contribution in [0.5, 0.6) is 0 Å². The van der Waals surface area contributed by atoms with E-state index in [2.05, 4.69) is 42.9 Å². The van der Waals surface area contributed by atoms with E-state index in [1.54, 1.807) is 6.33 Å². The van der Waals surface area contributed by atoms with Gasteiger partial charge < -0.3 is 9.64 Å². The Morgan fingerprint density at radius 1 is 1.25 bits per heavy atom. The van der Waals surface area contributed by atoms with Gasteiger partial charge in [0.1, 0.15) is 18.2 Å². The van der Waals surface area contributed by atoms with E-state index in [0.29, 0.717) is 6.61 Å². The molecule has 1 fully saturated rings. The molecule has 5 heteroatoms. The van der Waals surface area contributed by atoms with Gasteiger partial charge in [0.05, 0.1) is 6.61 Å². The first-order chi connectivity index (χ1) is 9.72. The van der Waals surface area contributed by atoms with Crippen LogP contribution in [0.25, 0.3) is 0 Å². The zero-order valence-electron chi connectivity index (χ0n) is 11.3. The molecule has 1 unspecified atom stereocenters. The summed E-state index contributed by atoms with van der Waals surface area (Å²) in [6.45, 7) is 4.38. The highest BCUT2D eigenvalue weighted by atomic mass is 79.9. The molecule has 2 heterocycles. The number of aromatic nitrogens is 2. The second kappa shape index (κ2) is 5.89. The van der Waals surface area contributed by atoms with Gasteiger partial charge in [0.2, 0.25) is 0 Å². The number of anilines is 1. The monoisotopic (exact) mass is 333 g/mol. The molecule has 1 aliphatic heterocycles. The van der Waals surface area contributed by atoms with Crippen LogP contribution < -0.4 is 4.90 Å². The molecule has 1 aliphatic rings. The lowest BCUT2D eigenvalue weighted by atomic mass is 10.1. The first kappa shape index (κ1) is 13.5. The Hall–Kier alpha value is -1.46. The minimum absolute atomic E-state index is 0.0899. The number of hydrogen-bond donors (Lipinski definition) is 0. The van der Waals surface area contributed by atoms with Crippen LogP contribution in [0, 0.1) is 6.92 Å². The first-order valence-electron chi connectivity index (χ1n) is 6.63. The molecule has 3 rings (SSSR count). The van der Waals surface area contributed by atoms with E-state index < -0.39 is 0 Å². The lowest BCUT2D eigenvalue weighted by Gasteiger charge is -2.34. The average molecular weight is 334 g/mol. The minimum Gasteiger partial charge on any atom is -0.370 e. The molecule has 1 aromatic carbocycles. The smallest absolute Gasteiger partial charge is 0.132 e. The molecular formula is C15H16BrN3O. The van der Waals surface area contributed by atoms with Crippen LogP contribution >= 0.6 is 15.9 Å². The molecule has 0 bridgehead atoms. The Bertz CT molecular complexity index is 588. The summed E-state index contributed by atoms with van der Waals surface area (Å²) in [6.07, 6.45) is 1.71. The quantitative estimate of drug-likeness (QED) is 0.846. The average Bonchev–Trinajstić information content (AvgIpc) is 2.48. The van der Waals surface area contributed by atoms with E-state index in [0.717, 1.165) is 29.1 Å². The van der Waals surface area contributed by atoms with Crippen LogP contribution in [0.1, 0.15) is 17.4 Å². The molecule has 0 aliphatic carbocycles. The second-order valence-corrected chi connectivity index (χ2v) is 5.79. The Morgan fingerprint density at radius 3 is 2.80 bits per heavy atom. The zero-order valence-corrected chi connectivity index (χ0v) is 12.9. The molecule has 1 aromatic heterocycles.